The van der Waals surface area contributed by atoms with Gasteiger partial charge in [0.2, 0.25) is 6.79 Å². The number of carbonyl (C=O) groups excluding carboxylic acids is 2. The fourth-order valence-corrected chi connectivity index (χ4v) is 1.98. The molecule has 2 amide bonds. The molecule has 0 saturated heterocycles. The predicted molar refractivity (Wildman–Crippen MR) is 85.3 cm³/mol. The Balaban J connectivity index is 1.53. The molecule has 24 heavy (non-hydrogen) atoms. The van der Waals surface area contributed by atoms with Crippen LogP contribution in [0.5, 0.6) is 11.5 Å². The number of hydrazine groups is 1. The molecule has 3 rings (SSSR count). The van der Waals surface area contributed by atoms with Gasteiger partial charge in [-0.05, 0) is 30.4 Å². The number of hydrogen-bond acceptors (Lipinski definition) is 7. The van der Waals surface area contributed by atoms with Crippen molar-refractivity contribution in [3.63, 3.8) is 0 Å². The summed E-state index contributed by atoms with van der Waals surface area (Å²) in [4.78, 5) is 31.5. The highest BCUT2D eigenvalue weighted by molar-refractivity contribution is 7.80. The van der Waals surface area contributed by atoms with Crippen molar-refractivity contribution in [1.29, 1.82) is 0 Å². The molecule has 1 aliphatic rings. The molecule has 0 saturated carbocycles. The zero-order valence-electron chi connectivity index (χ0n) is 12.1. The zero-order valence-corrected chi connectivity index (χ0v) is 12.9. The summed E-state index contributed by atoms with van der Waals surface area (Å²) >= 11 is 4.95. The molecule has 9 nitrogen and oxygen atoms in total. The first-order valence-corrected chi connectivity index (χ1v) is 7.11. The van der Waals surface area contributed by atoms with E-state index in [1.807, 2.05) is 0 Å². The van der Waals surface area contributed by atoms with Crippen molar-refractivity contribution in [1.82, 2.24) is 26.1 Å². The van der Waals surface area contributed by atoms with Crippen LogP contribution in [0, 0.1) is 0 Å². The first kappa shape index (κ1) is 15.6. The minimum atomic E-state index is -0.539. The van der Waals surface area contributed by atoms with E-state index in [0.29, 0.717) is 17.1 Å². The maximum Gasteiger partial charge on any atom is 0.289 e. The third-order valence-electron chi connectivity index (χ3n) is 2.95. The minimum absolute atomic E-state index is 0.0742. The van der Waals surface area contributed by atoms with E-state index in [1.54, 1.807) is 18.2 Å². The highest BCUT2D eigenvalue weighted by atomic mass is 32.1. The number of benzene rings is 1. The van der Waals surface area contributed by atoms with E-state index in [0.717, 1.165) is 0 Å². The molecule has 1 aliphatic heterocycles. The Morgan fingerprint density at radius 3 is 2.71 bits per heavy atom. The summed E-state index contributed by atoms with van der Waals surface area (Å²) in [5.41, 5.74) is 5.16. The number of nitrogens with zero attached hydrogens (tertiary/aromatic N) is 2. The zero-order chi connectivity index (χ0) is 16.9. The third kappa shape index (κ3) is 3.55. The van der Waals surface area contributed by atoms with Gasteiger partial charge < -0.3 is 9.47 Å². The minimum Gasteiger partial charge on any atom is -0.454 e. The first-order valence-electron chi connectivity index (χ1n) is 6.71. The van der Waals surface area contributed by atoms with Crippen molar-refractivity contribution in [3.05, 3.63) is 48.0 Å². The van der Waals surface area contributed by atoms with Gasteiger partial charge in [-0.1, -0.05) is 0 Å². The number of aromatic nitrogens is 2. The highest BCUT2D eigenvalue weighted by Crippen LogP contribution is 2.32. The summed E-state index contributed by atoms with van der Waals surface area (Å²) in [6.07, 6.45) is 4.13. The molecular formula is C14H11N5O4S. The standard InChI is InChI=1S/C14H11N5O4S/c20-12(8-1-2-10-11(5-8)23-7-22-10)17-14(24)19-18-13(21)9-6-15-3-4-16-9/h1-6H,7H2,(H,18,21)(H2,17,19,20,24). The van der Waals surface area contributed by atoms with E-state index in [4.69, 9.17) is 21.7 Å². The van der Waals surface area contributed by atoms with Crippen LogP contribution in [0.15, 0.2) is 36.8 Å². The van der Waals surface area contributed by atoms with Crippen molar-refractivity contribution in [2.45, 2.75) is 0 Å². The highest BCUT2D eigenvalue weighted by Gasteiger charge is 2.17. The van der Waals surface area contributed by atoms with Gasteiger partial charge in [-0.3, -0.25) is 30.7 Å². The van der Waals surface area contributed by atoms with Crippen molar-refractivity contribution < 1.29 is 19.1 Å². The van der Waals surface area contributed by atoms with E-state index in [1.165, 1.54) is 18.6 Å². The molecule has 10 heteroatoms. The number of fused-ring (bicyclic) bond motifs is 1. The van der Waals surface area contributed by atoms with Gasteiger partial charge >= 0.3 is 0 Å². The van der Waals surface area contributed by atoms with Gasteiger partial charge in [0.25, 0.3) is 11.8 Å². The lowest BCUT2D eigenvalue weighted by Gasteiger charge is -2.10. The topological polar surface area (TPSA) is 114 Å². The Bertz CT molecular complexity index is 799. The first-order chi connectivity index (χ1) is 11.6. The van der Waals surface area contributed by atoms with Crippen LogP contribution in [0.3, 0.4) is 0 Å². The van der Waals surface area contributed by atoms with E-state index in [2.05, 4.69) is 26.1 Å². The lowest BCUT2D eigenvalue weighted by molar-refractivity contribution is 0.0930. The molecule has 0 spiro atoms. The molecule has 0 aliphatic carbocycles. The van der Waals surface area contributed by atoms with E-state index < -0.39 is 11.8 Å². The van der Waals surface area contributed by atoms with Gasteiger partial charge in [-0.15, -0.1) is 0 Å². The Labute approximate surface area is 141 Å². The van der Waals surface area contributed by atoms with Gasteiger partial charge in [0.05, 0.1) is 6.20 Å². The molecule has 0 unspecified atom stereocenters. The number of carbonyl (C=O) groups is 2. The summed E-state index contributed by atoms with van der Waals surface area (Å²) in [5.74, 6) is 0.0586. The van der Waals surface area contributed by atoms with E-state index in [9.17, 15) is 9.59 Å². The Morgan fingerprint density at radius 1 is 1.08 bits per heavy atom. The van der Waals surface area contributed by atoms with Crippen LogP contribution in [0.2, 0.25) is 0 Å². The number of thiocarbonyl (C=S) groups is 1. The van der Waals surface area contributed by atoms with Crippen LogP contribution in [0.4, 0.5) is 0 Å². The molecule has 2 aromatic rings. The number of nitrogens with one attached hydrogen (secondary N) is 3. The summed E-state index contributed by atoms with van der Waals surface area (Å²) in [6, 6.07) is 4.74. The second-order valence-electron chi connectivity index (χ2n) is 4.52. The Morgan fingerprint density at radius 2 is 1.92 bits per heavy atom. The summed E-state index contributed by atoms with van der Waals surface area (Å²) < 4.78 is 10.4. The van der Waals surface area contributed by atoms with Gasteiger partial charge in [0.1, 0.15) is 5.69 Å². The van der Waals surface area contributed by atoms with Crippen LogP contribution in [0.1, 0.15) is 20.8 Å². The monoisotopic (exact) mass is 345 g/mol. The van der Waals surface area contributed by atoms with Crippen LogP contribution in [-0.4, -0.2) is 33.7 Å². The van der Waals surface area contributed by atoms with E-state index in [-0.39, 0.29) is 17.6 Å². The van der Waals surface area contributed by atoms with Crippen molar-refractivity contribution >= 4 is 29.1 Å². The average molecular weight is 345 g/mol. The lowest BCUT2D eigenvalue weighted by atomic mass is 10.2. The normalized spacial score (nSPS) is 11.5. The summed E-state index contributed by atoms with van der Waals surface area (Å²) in [6.45, 7) is 0.120. The van der Waals surface area contributed by atoms with Crippen molar-refractivity contribution in [3.8, 4) is 11.5 Å². The average Bonchev–Trinajstić information content (AvgIpc) is 3.08. The van der Waals surface area contributed by atoms with Crippen LogP contribution in [-0.2, 0) is 0 Å². The van der Waals surface area contributed by atoms with Gasteiger partial charge in [-0.2, -0.15) is 0 Å². The van der Waals surface area contributed by atoms with Gasteiger partial charge in [0.15, 0.2) is 16.6 Å². The lowest BCUT2D eigenvalue weighted by Crippen LogP contribution is -2.48. The quantitative estimate of drug-likeness (QED) is 0.521. The number of amides is 2. The molecule has 3 N–H and O–H groups in total. The molecule has 2 heterocycles. The molecule has 0 fully saturated rings. The SMILES string of the molecule is O=C(NC(=S)NNC(=O)c1cnccn1)c1ccc2c(c1)OCO2. The summed E-state index contributed by atoms with van der Waals surface area (Å²) in [5, 5.41) is 2.35. The molecule has 0 radical (unpaired) electrons. The van der Waals surface area contributed by atoms with Crippen LogP contribution < -0.4 is 25.6 Å². The molecule has 122 valence electrons. The Kier molecular flexibility index (Phi) is 4.47. The molecule has 1 aromatic carbocycles. The Hall–Kier alpha value is -3.27. The summed E-state index contributed by atoms with van der Waals surface area (Å²) in [7, 11) is 0. The molecule has 0 bridgehead atoms. The second-order valence-corrected chi connectivity index (χ2v) is 4.93. The fourth-order valence-electron chi connectivity index (χ4n) is 1.84. The third-order valence-corrected chi connectivity index (χ3v) is 3.15. The largest absolute Gasteiger partial charge is 0.454 e. The molecule has 1 aromatic heterocycles. The van der Waals surface area contributed by atoms with Crippen LogP contribution in [0.25, 0.3) is 0 Å². The van der Waals surface area contributed by atoms with Crippen LogP contribution >= 0.6 is 12.2 Å². The molecule has 0 atom stereocenters. The number of hydrogen-bond donors (Lipinski definition) is 3. The number of rotatable bonds is 2. The predicted octanol–water partition coefficient (Wildman–Crippen LogP) is 0.155. The van der Waals surface area contributed by atoms with E-state index >= 15 is 0 Å². The van der Waals surface area contributed by atoms with Crippen molar-refractivity contribution in [2.24, 2.45) is 0 Å². The molecular weight excluding hydrogens is 334 g/mol. The fraction of sp³-hybridized carbons (Fsp3) is 0.0714. The van der Waals surface area contributed by atoms with Crippen molar-refractivity contribution in [2.75, 3.05) is 6.79 Å². The maximum atomic E-state index is 12.1. The van der Waals surface area contributed by atoms with Gasteiger partial charge in [0, 0.05) is 18.0 Å². The number of ether oxygens (including phenoxy) is 2. The van der Waals surface area contributed by atoms with Gasteiger partial charge in [-0.25, -0.2) is 4.98 Å². The smallest absolute Gasteiger partial charge is 0.289 e. The maximum absolute atomic E-state index is 12.1. The second kappa shape index (κ2) is 6.87.